The molecule has 0 amide bonds. The van der Waals surface area contributed by atoms with E-state index in [4.69, 9.17) is 27.9 Å². The average molecular weight is 192 g/mol. The first kappa shape index (κ1) is 8.62. The van der Waals surface area contributed by atoms with Crippen LogP contribution in [0.5, 0.6) is 5.88 Å². The van der Waals surface area contributed by atoms with Crippen molar-refractivity contribution in [2.75, 3.05) is 7.11 Å². The number of ether oxygens (including phenoxy) is 1. The Bertz CT molecular complexity index is 252. The SMILES string of the molecule is COc1ccc(CCl)c(Cl)n1. The summed E-state index contributed by atoms with van der Waals surface area (Å²) in [4.78, 5) is 3.92. The molecule has 0 fully saturated rings. The summed E-state index contributed by atoms with van der Waals surface area (Å²) in [7, 11) is 1.54. The minimum Gasteiger partial charge on any atom is -0.481 e. The first-order valence-electron chi connectivity index (χ1n) is 3.03. The Balaban J connectivity index is 2.99. The third-order valence-corrected chi connectivity index (χ3v) is 1.87. The highest BCUT2D eigenvalue weighted by Crippen LogP contribution is 2.18. The molecular weight excluding hydrogens is 185 g/mol. The molecule has 0 saturated carbocycles. The Hall–Kier alpha value is -0.470. The van der Waals surface area contributed by atoms with Crippen LogP contribution in [0.1, 0.15) is 5.56 Å². The molecule has 11 heavy (non-hydrogen) atoms. The van der Waals surface area contributed by atoms with Crippen LogP contribution in [0.25, 0.3) is 0 Å². The number of hydrogen-bond acceptors (Lipinski definition) is 2. The predicted octanol–water partition coefficient (Wildman–Crippen LogP) is 2.48. The highest BCUT2D eigenvalue weighted by atomic mass is 35.5. The highest BCUT2D eigenvalue weighted by Gasteiger charge is 2.01. The van der Waals surface area contributed by atoms with E-state index in [9.17, 15) is 0 Å². The molecule has 0 unspecified atom stereocenters. The van der Waals surface area contributed by atoms with Crippen LogP contribution in [0.15, 0.2) is 12.1 Å². The number of alkyl halides is 1. The number of pyridine rings is 1. The van der Waals surface area contributed by atoms with Gasteiger partial charge in [0.25, 0.3) is 0 Å². The van der Waals surface area contributed by atoms with Crippen LogP contribution < -0.4 is 4.74 Å². The fraction of sp³-hybridized carbons (Fsp3) is 0.286. The van der Waals surface area contributed by atoms with E-state index in [0.717, 1.165) is 5.56 Å². The molecule has 2 nitrogen and oxygen atoms in total. The zero-order valence-corrected chi connectivity index (χ0v) is 7.49. The lowest BCUT2D eigenvalue weighted by atomic mass is 10.3. The smallest absolute Gasteiger partial charge is 0.214 e. The number of aromatic nitrogens is 1. The molecule has 1 aromatic rings. The van der Waals surface area contributed by atoms with Gasteiger partial charge in [0, 0.05) is 11.6 Å². The fourth-order valence-corrected chi connectivity index (χ4v) is 1.16. The molecule has 0 atom stereocenters. The number of methoxy groups -OCH3 is 1. The van der Waals surface area contributed by atoms with Gasteiger partial charge in [-0.3, -0.25) is 0 Å². The zero-order chi connectivity index (χ0) is 8.27. The standard InChI is InChI=1S/C7H7Cl2NO/c1-11-6-3-2-5(4-8)7(9)10-6/h2-3H,4H2,1H3. The third kappa shape index (κ3) is 1.98. The van der Waals surface area contributed by atoms with Gasteiger partial charge in [-0.1, -0.05) is 11.6 Å². The van der Waals surface area contributed by atoms with Gasteiger partial charge in [-0.05, 0) is 6.07 Å². The maximum atomic E-state index is 5.73. The Labute approximate surface area is 75.1 Å². The van der Waals surface area contributed by atoms with E-state index in [1.54, 1.807) is 19.2 Å². The lowest BCUT2D eigenvalue weighted by Gasteiger charge is -2.01. The van der Waals surface area contributed by atoms with Gasteiger partial charge in [0.2, 0.25) is 5.88 Å². The predicted molar refractivity (Wildman–Crippen MR) is 45.4 cm³/mol. The first-order valence-corrected chi connectivity index (χ1v) is 3.94. The Morgan fingerprint density at radius 2 is 2.27 bits per heavy atom. The van der Waals surface area contributed by atoms with E-state index in [2.05, 4.69) is 4.98 Å². The summed E-state index contributed by atoms with van der Waals surface area (Å²) in [5, 5.41) is 0.402. The molecule has 1 heterocycles. The summed E-state index contributed by atoms with van der Waals surface area (Å²) in [6.07, 6.45) is 0. The molecule has 0 spiro atoms. The molecule has 0 aliphatic rings. The Kier molecular flexibility index (Phi) is 2.97. The number of nitrogens with zero attached hydrogens (tertiary/aromatic N) is 1. The molecule has 0 N–H and O–H groups in total. The van der Waals surface area contributed by atoms with Crippen molar-refractivity contribution in [3.63, 3.8) is 0 Å². The number of hydrogen-bond donors (Lipinski definition) is 0. The van der Waals surface area contributed by atoms with Crippen LogP contribution in [-0.4, -0.2) is 12.1 Å². The lowest BCUT2D eigenvalue weighted by Crippen LogP contribution is -1.90. The van der Waals surface area contributed by atoms with Crippen molar-refractivity contribution in [2.24, 2.45) is 0 Å². The molecule has 0 aromatic carbocycles. The van der Waals surface area contributed by atoms with Crippen LogP contribution in [-0.2, 0) is 5.88 Å². The van der Waals surface area contributed by atoms with Gasteiger partial charge in [-0.2, -0.15) is 0 Å². The van der Waals surface area contributed by atoms with Gasteiger partial charge in [0.1, 0.15) is 5.15 Å². The van der Waals surface area contributed by atoms with Crippen LogP contribution in [0, 0.1) is 0 Å². The van der Waals surface area contributed by atoms with Crippen LogP contribution in [0.4, 0.5) is 0 Å². The summed E-state index contributed by atoms with van der Waals surface area (Å²) in [6, 6.07) is 3.52. The molecule has 0 aliphatic heterocycles. The summed E-state index contributed by atoms with van der Waals surface area (Å²) >= 11 is 11.3. The molecule has 60 valence electrons. The van der Waals surface area contributed by atoms with E-state index in [-0.39, 0.29) is 0 Å². The largest absolute Gasteiger partial charge is 0.481 e. The molecule has 1 rings (SSSR count). The molecule has 0 bridgehead atoms. The van der Waals surface area contributed by atoms with Crippen molar-refractivity contribution in [2.45, 2.75) is 5.88 Å². The Morgan fingerprint density at radius 1 is 1.55 bits per heavy atom. The topological polar surface area (TPSA) is 22.1 Å². The maximum absolute atomic E-state index is 5.73. The van der Waals surface area contributed by atoms with E-state index < -0.39 is 0 Å². The zero-order valence-electron chi connectivity index (χ0n) is 5.97. The highest BCUT2D eigenvalue weighted by molar-refractivity contribution is 6.31. The molecular formula is C7H7Cl2NO. The third-order valence-electron chi connectivity index (χ3n) is 1.25. The second-order valence-corrected chi connectivity index (χ2v) is 2.56. The van der Waals surface area contributed by atoms with Crippen LogP contribution in [0.2, 0.25) is 5.15 Å². The monoisotopic (exact) mass is 191 g/mol. The summed E-state index contributed by atoms with van der Waals surface area (Å²) in [5.74, 6) is 0.874. The minimum atomic E-state index is 0.371. The van der Waals surface area contributed by atoms with E-state index in [1.807, 2.05) is 0 Å². The van der Waals surface area contributed by atoms with Gasteiger partial charge in [0.05, 0.1) is 13.0 Å². The second kappa shape index (κ2) is 3.79. The Morgan fingerprint density at radius 3 is 2.73 bits per heavy atom. The van der Waals surface area contributed by atoms with Crippen LogP contribution >= 0.6 is 23.2 Å². The van der Waals surface area contributed by atoms with Gasteiger partial charge in [-0.25, -0.2) is 4.98 Å². The van der Waals surface area contributed by atoms with Gasteiger partial charge in [0.15, 0.2) is 0 Å². The minimum absolute atomic E-state index is 0.371. The summed E-state index contributed by atoms with van der Waals surface area (Å²) in [5.41, 5.74) is 0.814. The van der Waals surface area contributed by atoms with E-state index >= 15 is 0 Å². The van der Waals surface area contributed by atoms with Crippen molar-refractivity contribution >= 4 is 23.2 Å². The molecule has 0 aliphatic carbocycles. The van der Waals surface area contributed by atoms with Crippen molar-refractivity contribution in [3.8, 4) is 5.88 Å². The maximum Gasteiger partial charge on any atom is 0.214 e. The van der Waals surface area contributed by atoms with Gasteiger partial charge >= 0.3 is 0 Å². The lowest BCUT2D eigenvalue weighted by molar-refractivity contribution is 0.398. The van der Waals surface area contributed by atoms with Crippen molar-refractivity contribution < 1.29 is 4.74 Å². The quantitative estimate of drug-likeness (QED) is 0.530. The summed E-state index contributed by atoms with van der Waals surface area (Å²) in [6.45, 7) is 0. The van der Waals surface area contributed by atoms with Crippen molar-refractivity contribution in [1.29, 1.82) is 0 Å². The van der Waals surface area contributed by atoms with Gasteiger partial charge in [-0.15, -0.1) is 11.6 Å². The first-order chi connectivity index (χ1) is 5.27. The van der Waals surface area contributed by atoms with E-state index in [0.29, 0.717) is 16.9 Å². The molecule has 0 radical (unpaired) electrons. The normalized spacial score (nSPS) is 9.73. The number of halogens is 2. The van der Waals surface area contributed by atoms with Crippen molar-refractivity contribution in [1.82, 2.24) is 4.98 Å². The van der Waals surface area contributed by atoms with Gasteiger partial charge < -0.3 is 4.74 Å². The fourth-order valence-electron chi connectivity index (χ4n) is 0.660. The average Bonchev–Trinajstić information content (AvgIpc) is 2.04. The number of rotatable bonds is 2. The molecule has 4 heteroatoms. The van der Waals surface area contributed by atoms with Crippen LogP contribution in [0.3, 0.4) is 0 Å². The van der Waals surface area contributed by atoms with Crippen molar-refractivity contribution in [3.05, 3.63) is 22.8 Å². The van der Waals surface area contributed by atoms with E-state index in [1.165, 1.54) is 0 Å². The molecule has 1 aromatic heterocycles. The summed E-state index contributed by atoms with van der Waals surface area (Å²) < 4.78 is 4.86. The second-order valence-electron chi connectivity index (χ2n) is 1.94. The molecule has 0 saturated heterocycles.